The number of alkyl halides is 1. The lowest BCUT2D eigenvalue weighted by Crippen LogP contribution is -2.35. The fraction of sp³-hybridized carbons (Fsp3) is 0.900. The zero-order valence-corrected chi connectivity index (χ0v) is 10.3. The lowest BCUT2D eigenvalue weighted by atomic mass is 10.1. The Labute approximate surface area is 93.6 Å². The Morgan fingerprint density at radius 2 is 2.29 bits per heavy atom. The van der Waals surface area contributed by atoms with Crippen LogP contribution in [0.3, 0.4) is 0 Å². The fourth-order valence-electron chi connectivity index (χ4n) is 1.76. The summed E-state index contributed by atoms with van der Waals surface area (Å²) >= 11 is 3.31. The smallest absolute Gasteiger partial charge is 0.236 e. The summed E-state index contributed by atoms with van der Waals surface area (Å²) in [6.45, 7) is 5.40. The monoisotopic (exact) mass is 263 g/mol. The van der Waals surface area contributed by atoms with E-state index in [1.54, 1.807) is 4.90 Å². The van der Waals surface area contributed by atoms with Crippen molar-refractivity contribution in [2.24, 2.45) is 5.92 Å². The number of rotatable bonds is 4. The number of aliphatic hydroxyl groups excluding tert-OH is 1. The third-order valence-corrected chi connectivity index (χ3v) is 3.26. The number of amides is 1. The molecule has 0 aromatic rings. The van der Waals surface area contributed by atoms with E-state index < -0.39 is 0 Å². The molecule has 14 heavy (non-hydrogen) atoms. The number of carbonyl (C=O) groups is 1. The summed E-state index contributed by atoms with van der Waals surface area (Å²) < 4.78 is 0. The summed E-state index contributed by atoms with van der Waals surface area (Å²) in [7, 11) is 0. The van der Waals surface area contributed by atoms with Crippen LogP contribution in [0.1, 0.15) is 26.7 Å². The maximum absolute atomic E-state index is 11.5. The summed E-state index contributed by atoms with van der Waals surface area (Å²) in [5.41, 5.74) is 0. The van der Waals surface area contributed by atoms with Crippen molar-refractivity contribution >= 4 is 21.8 Å². The molecule has 1 fully saturated rings. The highest BCUT2D eigenvalue weighted by Gasteiger charge is 2.30. The third-order valence-electron chi connectivity index (χ3n) is 2.41. The summed E-state index contributed by atoms with van der Waals surface area (Å²) in [5, 5.41) is 9.67. The Hall–Kier alpha value is -0.0900. The molecule has 1 heterocycles. The van der Waals surface area contributed by atoms with Crippen molar-refractivity contribution in [2.75, 3.05) is 13.1 Å². The SMILES string of the molecule is CC(C)CC(O)CN1CCC(Br)C1=O. The Morgan fingerprint density at radius 1 is 1.64 bits per heavy atom. The van der Waals surface area contributed by atoms with E-state index in [1.165, 1.54) is 0 Å². The Bertz CT molecular complexity index is 208. The number of β-amino-alcohol motifs (C(OH)–C–C–N with tert-alkyl or cyclic N) is 1. The molecule has 0 spiro atoms. The number of aliphatic hydroxyl groups is 1. The maximum atomic E-state index is 11.5. The van der Waals surface area contributed by atoms with E-state index >= 15 is 0 Å². The second kappa shape index (κ2) is 5.12. The molecule has 1 aliphatic heterocycles. The molecule has 1 saturated heterocycles. The molecule has 3 nitrogen and oxygen atoms in total. The number of carbonyl (C=O) groups excluding carboxylic acids is 1. The van der Waals surface area contributed by atoms with Crippen LogP contribution in [0.2, 0.25) is 0 Å². The van der Waals surface area contributed by atoms with E-state index in [4.69, 9.17) is 0 Å². The highest BCUT2D eigenvalue weighted by molar-refractivity contribution is 9.10. The Morgan fingerprint density at radius 3 is 2.71 bits per heavy atom. The van der Waals surface area contributed by atoms with Crippen molar-refractivity contribution in [2.45, 2.75) is 37.6 Å². The zero-order valence-electron chi connectivity index (χ0n) is 8.74. The number of likely N-dealkylation sites (tertiary alicyclic amines) is 1. The molecule has 1 amide bonds. The molecule has 2 unspecified atom stereocenters. The molecule has 1 aliphatic rings. The molecule has 0 radical (unpaired) electrons. The molecular formula is C10H18BrNO2. The maximum Gasteiger partial charge on any atom is 0.236 e. The van der Waals surface area contributed by atoms with Crippen LogP contribution in [0.4, 0.5) is 0 Å². The van der Waals surface area contributed by atoms with Crippen molar-refractivity contribution in [1.29, 1.82) is 0 Å². The first-order valence-electron chi connectivity index (χ1n) is 5.11. The summed E-state index contributed by atoms with van der Waals surface area (Å²) in [6, 6.07) is 0. The first-order chi connectivity index (χ1) is 6.50. The van der Waals surface area contributed by atoms with Gasteiger partial charge in [-0.25, -0.2) is 0 Å². The average Bonchev–Trinajstić information content (AvgIpc) is 2.34. The van der Waals surface area contributed by atoms with Crippen molar-refractivity contribution in [3.8, 4) is 0 Å². The molecule has 82 valence electrons. The van der Waals surface area contributed by atoms with E-state index in [9.17, 15) is 9.90 Å². The number of hydrogen-bond donors (Lipinski definition) is 1. The minimum absolute atomic E-state index is 0.0336. The van der Waals surface area contributed by atoms with Crippen LogP contribution < -0.4 is 0 Å². The van der Waals surface area contributed by atoms with Gasteiger partial charge in [-0.05, 0) is 18.8 Å². The fourth-order valence-corrected chi connectivity index (χ4v) is 2.25. The van der Waals surface area contributed by atoms with Crippen molar-refractivity contribution in [1.82, 2.24) is 4.90 Å². The van der Waals surface area contributed by atoms with E-state index in [2.05, 4.69) is 29.8 Å². The molecule has 1 rings (SSSR count). The van der Waals surface area contributed by atoms with E-state index in [-0.39, 0.29) is 16.8 Å². The predicted octanol–water partition coefficient (Wildman–Crippen LogP) is 1.39. The molecular weight excluding hydrogens is 246 g/mol. The van der Waals surface area contributed by atoms with Gasteiger partial charge in [0.25, 0.3) is 0 Å². The van der Waals surface area contributed by atoms with Gasteiger partial charge in [0.1, 0.15) is 0 Å². The van der Waals surface area contributed by atoms with Gasteiger partial charge in [-0.3, -0.25) is 4.79 Å². The standard InChI is InChI=1S/C10H18BrNO2/c1-7(2)5-8(13)6-12-4-3-9(11)10(12)14/h7-9,13H,3-6H2,1-2H3. The van der Waals surface area contributed by atoms with Gasteiger partial charge in [0.2, 0.25) is 5.91 Å². The van der Waals surface area contributed by atoms with Gasteiger partial charge >= 0.3 is 0 Å². The van der Waals surface area contributed by atoms with Crippen molar-refractivity contribution in [3.63, 3.8) is 0 Å². The minimum Gasteiger partial charge on any atom is -0.391 e. The molecule has 0 saturated carbocycles. The zero-order chi connectivity index (χ0) is 10.7. The molecule has 0 aromatic carbocycles. The number of nitrogens with zero attached hydrogens (tertiary/aromatic N) is 1. The minimum atomic E-state index is -0.378. The van der Waals surface area contributed by atoms with Crippen LogP contribution in [0.15, 0.2) is 0 Å². The lowest BCUT2D eigenvalue weighted by molar-refractivity contribution is -0.128. The van der Waals surface area contributed by atoms with Crippen molar-refractivity contribution < 1.29 is 9.90 Å². The van der Waals surface area contributed by atoms with Gasteiger partial charge in [0.05, 0.1) is 10.9 Å². The van der Waals surface area contributed by atoms with Gasteiger partial charge in [-0.15, -0.1) is 0 Å². The quantitative estimate of drug-likeness (QED) is 0.779. The Kier molecular flexibility index (Phi) is 4.38. The first-order valence-corrected chi connectivity index (χ1v) is 6.03. The number of hydrogen-bond acceptors (Lipinski definition) is 2. The van der Waals surface area contributed by atoms with Gasteiger partial charge in [0, 0.05) is 13.1 Å². The van der Waals surface area contributed by atoms with Crippen LogP contribution in [0.5, 0.6) is 0 Å². The van der Waals surface area contributed by atoms with Gasteiger partial charge in [-0.2, -0.15) is 0 Å². The van der Waals surface area contributed by atoms with Gasteiger partial charge < -0.3 is 10.0 Å². The van der Waals surface area contributed by atoms with Crippen LogP contribution >= 0.6 is 15.9 Å². The highest BCUT2D eigenvalue weighted by atomic mass is 79.9. The largest absolute Gasteiger partial charge is 0.391 e. The van der Waals surface area contributed by atoms with Gasteiger partial charge in [-0.1, -0.05) is 29.8 Å². The third kappa shape index (κ3) is 3.24. The molecule has 0 aromatic heterocycles. The van der Waals surface area contributed by atoms with Gasteiger partial charge in [0.15, 0.2) is 0 Å². The second-order valence-electron chi connectivity index (χ2n) is 4.32. The summed E-state index contributed by atoms with van der Waals surface area (Å²) in [6.07, 6.45) is 1.24. The normalized spacial score (nSPS) is 24.8. The average molecular weight is 264 g/mol. The molecule has 0 aliphatic carbocycles. The topological polar surface area (TPSA) is 40.5 Å². The second-order valence-corrected chi connectivity index (χ2v) is 5.43. The van der Waals surface area contributed by atoms with Crippen molar-refractivity contribution in [3.05, 3.63) is 0 Å². The molecule has 4 heteroatoms. The Balaban J connectivity index is 2.34. The predicted molar refractivity (Wildman–Crippen MR) is 59.4 cm³/mol. The van der Waals surface area contributed by atoms with Crippen LogP contribution in [0.25, 0.3) is 0 Å². The van der Waals surface area contributed by atoms with E-state index in [0.717, 1.165) is 19.4 Å². The molecule has 2 atom stereocenters. The highest BCUT2D eigenvalue weighted by Crippen LogP contribution is 2.19. The summed E-state index contributed by atoms with van der Waals surface area (Å²) in [5.74, 6) is 0.593. The summed E-state index contributed by atoms with van der Waals surface area (Å²) in [4.78, 5) is 13.2. The number of halogens is 1. The lowest BCUT2D eigenvalue weighted by Gasteiger charge is -2.21. The van der Waals surface area contributed by atoms with E-state index in [0.29, 0.717) is 12.5 Å². The first kappa shape index (κ1) is 12.0. The van der Waals surface area contributed by atoms with Crippen LogP contribution in [-0.4, -0.2) is 39.9 Å². The van der Waals surface area contributed by atoms with Crippen LogP contribution in [0, 0.1) is 5.92 Å². The van der Waals surface area contributed by atoms with Crippen LogP contribution in [-0.2, 0) is 4.79 Å². The molecule has 1 N–H and O–H groups in total. The molecule has 0 bridgehead atoms. The van der Waals surface area contributed by atoms with E-state index in [1.807, 2.05) is 0 Å².